The number of ether oxygens (including phenoxy) is 2. The third-order valence-electron chi connectivity index (χ3n) is 3.76. The van der Waals surface area contributed by atoms with Gasteiger partial charge in [0.1, 0.15) is 12.4 Å². The van der Waals surface area contributed by atoms with Crippen LogP contribution < -0.4 is 10.1 Å². The van der Waals surface area contributed by atoms with Crippen molar-refractivity contribution in [2.24, 2.45) is 0 Å². The van der Waals surface area contributed by atoms with Crippen LogP contribution >= 0.6 is 23.4 Å². The molecule has 1 heterocycles. The first-order valence-corrected chi connectivity index (χ1v) is 9.73. The molecule has 9 heteroatoms. The van der Waals surface area contributed by atoms with Crippen LogP contribution in [0, 0.1) is 0 Å². The zero-order valence-electron chi connectivity index (χ0n) is 15.4. The number of carbonyl (C=O) groups is 1. The highest BCUT2D eigenvalue weighted by atomic mass is 35.5. The van der Waals surface area contributed by atoms with Crippen LogP contribution in [0.25, 0.3) is 5.69 Å². The van der Waals surface area contributed by atoms with Crippen LogP contribution in [-0.4, -0.2) is 40.6 Å². The SMILES string of the molecule is COCc1nnc(SCC(=O)Nc2cc(Cl)ccc2OC)n1-c1ccccc1. The van der Waals surface area contributed by atoms with E-state index in [4.69, 9.17) is 21.1 Å². The highest BCUT2D eigenvalue weighted by Crippen LogP contribution is 2.28. The maximum atomic E-state index is 12.4. The van der Waals surface area contributed by atoms with Crippen LogP contribution in [0.3, 0.4) is 0 Å². The highest BCUT2D eigenvalue weighted by Gasteiger charge is 2.16. The number of amides is 1. The molecule has 3 aromatic rings. The summed E-state index contributed by atoms with van der Waals surface area (Å²) in [5.74, 6) is 1.14. The predicted octanol–water partition coefficient (Wildman–Crippen LogP) is 3.81. The van der Waals surface area contributed by atoms with Crippen LogP contribution in [0.15, 0.2) is 53.7 Å². The fourth-order valence-corrected chi connectivity index (χ4v) is 3.49. The van der Waals surface area contributed by atoms with Gasteiger partial charge in [0, 0.05) is 17.8 Å². The summed E-state index contributed by atoms with van der Waals surface area (Å²) in [5, 5.41) is 12.3. The lowest BCUT2D eigenvalue weighted by atomic mass is 10.3. The summed E-state index contributed by atoms with van der Waals surface area (Å²) in [6.45, 7) is 0.314. The number of halogens is 1. The first-order chi connectivity index (χ1) is 13.6. The van der Waals surface area contributed by atoms with Crippen molar-refractivity contribution >= 4 is 35.0 Å². The topological polar surface area (TPSA) is 78.3 Å². The summed E-state index contributed by atoms with van der Waals surface area (Å²) in [7, 11) is 3.13. The molecule has 0 saturated heterocycles. The largest absolute Gasteiger partial charge is 0.495 e. The monoisotopic (exact) mass is 418 g/mol. The molecular formula is C19H19ClN4O3S. The second kappa shape index (κ2) is 9.59. The predicted molar refractivity (Wildman–Crippen MR) is 109 cm³/mol. The number of benzene rings is 2. The van der Waals surface area contributed by atoms with Gasteiger partial charge in [0.2, 0.25) is 5.91 Å². The van der Waals surface area contributed by atoms with Gasteiger partial charge in [-0.1, -0.05) is 41.6 Å². The number of hydrogen-bond acceptors (Lipinski definition) is 6. The van der Waals surface area contributed by atoms with E-state index < -0.39 is 0 Å². The van der Waals surface area contributed by atoms with E-state index in [1.54, 1.807) is 25.3 Å². The molecule has 1 aromatic heterocycles. The Kier molecular flexibility index (Phi) is 6.91. The van der Waals surface area contributed by atoms with Crippen LogP contribution in [0.4, 0.5) is 5.69 Å². The molecule has 0 atom stereocenters. The number of aromatic nitrogens is 3. The molecule has 7 nitrogen and oxygen atoms in total. The molecule has 146 valence electrons. The average molecular weight is 419 g/mol. The Morgan fingerprint density at radius 1 is 1.18 bits per heavy atom. The van der Waals surface area contributed by atoms with E-state index in [1.165, 1.54) is 18.9 Å². The molecule has 1 amide bonds. The van der Waals surface area contributed by atoms with Crippen LogP contribution in [0.2, 0.25) is 5.02 Å². The van der Waals surface area contributed by atoms with Crippen molar-refractivity contribution in [1.29, 1.82) is 0 Å². The van der Waals surface area contributed by atoms with Crippen molar-refractivity contribution in [3.8, 4) is 11.4 Å². The molecule has 0 saturated carbocycles. The Balaban J connectivity index is 1.74. The number of nitrogens with zero attached hydrogens (tertiary/aromatic N) is 3. The van der Waals surface area contributed by atoms with E-state index in [9.17, 15) is 4.79 Å². The van der Waals surface area contributed by atoms with E-state index >= 15 is 0 Å². The first-order valence-electron chi connectivity index (χ1n) is 8.37. The van der Waals surface area contributed by atoms with Gasteiger partial charge in [0.15, 0.2) is 11.0 Å². The summed E-state index contributed by atoms with van der Waals surface area (Å²) < 4.78 is 12.3. The van der Waals surface area contributed by atoms with Crippen molar-refractivity contribution in [1.82, 2.24) is 14.8 Å². The molecule has 0 radical (unpaired) electrons. The second-order valence-corrected chi connectivity index (χ2v) is 7.06. The Morgan fingerprint density at radius 3 is 2.68 bits per heavy atom. The summed E-state index contributed by atoms with van der Waals surface area (Å²) >= 11 is 7.29. The number of rotatable bonds is 8. The van der Waals surface area contributed by atoms with Crippen LogP contribution in [0.5, 0.6) is 5.75 Å². The van der Waals surface area contributed by atoms with E-state index in [-0.39, 0.29) is 11.7 Å². The Hall–Kier alpha value is -2.55. The van der Waals surface area contributed by atoms with E-state index in [2.05, 4.69) is 15.5 Å². The second-order valence-electron chi connectivity index (χ2n) is 5.68. The van der Waals surface area contributed by atoms with Gasteiger partial charge in [-0.3, -0.25) is 9.36 Å². The third-order valence-corrected chi connectivity index (χ3v) is 4.92. The van der Waals surface area contributed by atoms with Gasteiger partial charge >= 0.3 is 0 Å². The molecule has 0 spiro atoms. The molecule has 0 aliphatic carbocycles. The van der Waals surface area contributed by atoms with Gasteiger partial charge in [-0.2, -0.15) is 0 Å². The van der Waals surface area contributed by atoms with Gasteiger partial charge in [0.25, 0.3) is 0 Å². The Bertz CT molecular complexity index is 950. The average Bonchev–Trinajstić information content (AvgIpc) is 3.10. The smallest absolute Gasteiger partial charge is 0.234 e. The van der Waals surface area contributed by atoms with Gasteiger partial charge in [0.05, 0.1) is 18.6 Å². The van der Waals surface area contributed by atoms with E-state index in [0.29, 0.717) is 34.0 Å². The zero-order chi connectivity index (χ0) is 19.9. The maximum Gasteiger partial charge on any atom is 0.234 e. The van der Waals surface area contributed by atoms with Gasteiger partial charge in [-0.05, 0) is 30.3 Å². The maximum absolute atomic E-state index is 12.4. The lowest BCUT2D eigenvalue weighted by Gasteiger charge is -2.11. The normalized spacial score (nSPS) is 10.7. The van der Waals surface area contributed by atoms with Crippen molar-refractivity contribution in [3.05, 3.63) is 59.4 Å². The standard InChI is InChI=1S/C19H19ClN4O3S/c1-26-11-17-22-23-19(24(17)14-6-4-3-5-7-14)28-12-18(25)21-15-10-13(20)8-9-16(15)27-2/h3-10H,11-12H2,1-2H3,(H,21,25). The van der Waals surface area contributed by atoms with Crippen LogP contribution in [0.1, 0.15) is 5.82 Å². The number of anilines is 1. The number of methoxy groups -OCH3 is 2. The molecule has 0 unspecified atom stereocenters. The lowest BCUT2D eigenvalue weighted by Crippen LogP contribution is -2.15. The van der Waals surface area contributed by atoms with E-state index in [1.807, 2.05) is 34.9 Å². The van der Waals surface area contributed by atoms with Crippen molar-refractivity contribution in [3.63, 3.8) is 0 Å². The zero-order valence-corrected chi connectivity index (χ0v) is 17.0. The van der Waals surface area contributed by atoms with Crippen LogP contribution in [-0.2, 0) is 16.1 Å². The van der Waals surface area contributed by atoms with Crippen molar-refractivity contribution in [2.75, 3.05) is 25.3 Å². The summed E-state index contributed by atoms with van der Waals surface area (Å²) in [6.07, 6.45) is 0. The number of nitrogens with one attached hydrogen (secondary N) is 1. The molecule has 0 fully saturated rings. The van der Waals surface area contributed by atoms with E-state index in [0.717, 1.165) is 5.69 Å². The summed E-state index contributed by atoms with van der Waals surface area (Å²) in [4.78, 5) is 12.4. The molecule has 0 aliphatic heterocycles. The fraction of sp³-hybridized carbons (Fsp3) is 0.211. The summed E-state index contributed by atoms with van der Waals surface area (Å²) in [6, 6.07) is 14.7. The number of thioether (sulfide) groups is 1. The Morgan fingerprint density at radius 2 is 1.96 bits per heavy atom. The number of para-hydroxylation sites is 1. The van der Waals surface area contributed by atoms with Gasteiger partial charge in [-0.15, -0.1) is 10.2 Å². The van der Waals surface area contributed by atoms with Gasteiger partial charge < -0.3 is 14.8 Å². The molecular weight excluding hydrogens is 400 g/mol. The molecule has 0 bridgehead atoms. The molecule has 2 aromatic carbocycles. The van der Waals surface area contributed by atoms with Gasteiger partial charge in [-0.25, -0.2) is 0 Å². The fourth-order valence-electron chi connectivity index (χ4n) is 2.55. The minimum absolute atomic E-state index is 0.146. The minimum atomic E-state index is -0.207. The molecule has 28 heavy (non-hydrogen) atoms. The van der Waals surface area contributed by atoms with Crippen molar-refractivity contribution in [2.45, 2.75) is 11.8 Å². The lowest BCUT2D eigenvalue weighted by molar-refractivity contribution is -0.113. The molecule has 1 N–H and O–H groups in total. The number of carbonyl (C=O) groups excluding carboxylic acids is 1. The highest BCUT2D eigenvalue weighted by molar-refractivity contribution is 7.99. The molecule has 0 aliphatic rings. The third kappa shape index (κ3) is 4.83. The first kappa shape index (κ1) is 20.2. The number of hydrogen-bond donors (Lipinski definition) is 1. The minimum Gasteiger partial charge on any atom is -0.495 e. The summed E-state index contributed by atoms with van der Waals surface area (Å²) in [5.41, 5.74) is 1.42. The Labute approximate surface area is 172 Å². The quantitative estimate of drug-likeness (QED) is 0.560. The molecule has 3 rings (SSSR count). The van der Waals surface area contributed by atoms with Crippen molar-refractivity contribution < 1.29 is 14.3 Å².